The lowest BCUT2D eigenvalue weighted by atomic mass is 10.1. The fourth-order valence-electron chi connectivity index (χ4n) is 1.97. The van der Waals surface area contributed by atoms with Gasteiger partial charge in [-0.3, -0.25) is 19.2 Å². The Morgan fingerprint density at radius 3 is 2.72 bits per heavy atom. The summed E-state index contributed by atoms with van der Waals surface area (Å²) >= 11 is 0. The Bertz CT molecular complexity index is 688. The molecule has 3 amide bonds. The molecule has 0 aromatic heterocycles. The van der Waals surface area contributed by atoms with Gasteiger partial charge in [-0.05, 0) is 12.1 Å². The Labute approximate surface area is 144 Å². The number of amides is 3. The van der Waals surface area contributed by atoms with Crippen LogP contribution < -0.4 is 15.4 Å². The highest BCUT2D eigenvalue weighted by molar-refractivity contribution is 5.99. The van der Waals surface area contributed by atoms with E-state index in [1.54, 1.807) is 38.4 Å². The summed E-state index contributed by atoms with van der Waals surface area (Å²) in [6.45, 7) is -0.723. The first-order valence-electron chi connectivity index (χ1n) is 7.56. The van der Waals surface area contributed by atoms with Crippen LogP contribution in [0.3, 0.4) is 0 Å². The first-order chi connectivity index (χ1) is 11.9. The average molecular weight is 349 g/mol. The number of rotatable bonds is 6. The van der Waals surface area contributed by atoms with Crippen molar-refractivity contribution in [3.8, 4) is 5.75 Å². The standard InChI is InChI=1S/C16H19N3O6/c1-19(2)14(21)8-17-13(20)9-24-15(22)7-12-16(23)18-10-5-3-4-6-11(10)25-12/h3-6,12H,7-9H2,1-2H3,(H,17,20)(H,18,23)/t12-/m0/s1. The van der Waals surface area contributed by atoms with Crippen LogP contribution in [0.15, 0.2) is 24.3 Å². The molecule has 1 aliphatic heterocycles. The van der Waals surface area contributed by atoms with Crippen molar-refractivity contribution >= 4 is 29.4 Å². The van der Waals surface area contributed by atoms with E-state index >= 15 is 0 Å². The van der Waals surface area contributed by atoms with Crippen molar-refractivity contribution in [3.05, 3.63) is 24.3 Å². The summed E-state index contributed by atoms with van der Waals surface area (Å²) in [5.41, 5.74) is 0.530. The van der Waals surface area contributed by atoms with Gasteiger partial charge < -0.3 is 25.0 Å². The van der Waals surface area contributed by atoms with E-state index in [1.165, 1.54) is 4.90 Å². The Morgan fingerprint density at radius 1 is 1.28 bits per heavy atom. The first kappa shape index (κ1) is 18.2. The molecule has 9 nitrogen and oxygen atoms in total. The van der Waals surface area contributed by atoms with E-state index in [9.17, 15) is 19.2 Å². The van der Waals surface area contributed by atoms with Crippen LogP contribution in [0.25, 0.3) is 0 Å². The topological polar surface area (TPSA) is 114 Å². The van der Waals surface area contributed by atoms with Gasteiger partial charge in [0.05, 0.1) is 18.7 Å². The van der Waals surface area contributed by atoms with Crippen molar-refractivity contribution in [2.45, 2.75) is 12.5 Å². The summed E-state index contributed by atoms with van der Waals surface area (Å²) < 4.78 is 10.3. The third kappa shape index (κ3) is 5.20. The molecule has 0 fully saturated rings. The molecular formula is C16H19N3O6. The molecule has 0 saturated heterocycles. The van der Waals surface area contributed by atoms with Gasteiger partial charge in [-0.2, -0.15) is 0 Å². The lowest BCUT2D eigenvalue weighted by molar-refractivity contribution is -0.151. The van der Waals surface area contributed by atoms with E-state index in [-0.39, 0.29) is 18.9 Å². The van der Waals surface area contributed by atoms with Crippen LogP contribution >= 0.6 is 0 Å². The molecule has 9 heteroatoms. The van der Waals surface area contributed by atoms with Gasteiger partial charge in [0.2, 0.25) is 5.91 Å². The summed E-state index contributed by atoms with van der Waals surface area (Å²) in [6, 6.07) is 6.84. The second-order valence-corrected chi connectivity index (χ2v) is 5.52. The molecule has 0 spiro atoms. The Morgan fingerprint density at radius 2 is 2.00 bits per heavy atom. The van der Waals surface area contributed by atoms with Crippen LogP contribution in [0.5, 0.6) is 5.75 Å². The van der Waals surface area contributed by atoms with Crippen LogP contribution in [0.2, 0.25) is 0 Å². The maximum Gasteiger partial charge on any atom is 0.310 e. The summed E-state index contributed by atoms with van der Waals surface area (Å²) in [6.07, 6.45) is -1.36. The average Bonchev–Trinajstić information content (AvgIpc) is 2.58. The van der Waals surface area contributed by atoms with Crippen LogP contribution in [-0.4, -0.2) is 61.9 Å². The summed E-state index contributed by atoms with van der Waals surface area (Å²) in [7, 11) is 3.11. The number of nitrogens with one attached hydrogen (secondary N) is 2. The molecule has 0 radical (unpaired) electrons. The van der Waals surface area contributed by atoms with E-state index in [0.717, 1.165) is 0 Å². The molecule has 1 aliphatic rings. The van der Waals surface area contributed by atoms with E-state index < -0.39 is 30.5 Å². The molecule has 2 N–H and O–H groups in total. The number of hydrogen-bond donors (Lipinski definition) is 2. The SMILES string of the molecule is CN(C)C(=O)CNC(=O)COC(=O)C[C@@H]1Oc2ccccc2NC1=O. The fraction of sp³-hybridized carbons (Fsp3) is 0.375. The number of benzene rings is 1. The number of hydrogen-bond acceptors (Lipinski definition) is 6. The molecule has 134 valence electrons. The number of likely N-dealkylation sites (N-methyl/N-ethyl adjacent to an activating group) is 1. The molecule has 1 atom stereocenters. The lowest BCUT2D eigenvalue weighted by Gasteiger charge is -2.25. The zero-order valence-electron chi connectivity index (χ0n) is 13.9. The Hall–Kier alpha value is -3.10. The number of ether oxygens (including phenoxy) is 2. The largest absolute Gasteiger partial charge is 0.478 e. The molecule has 1 aromatic rings. The van der Waals surface area contributed by atoms with Crippen LogP contribution in [0.4, 0.5) is 5.69 Å². The van der Waals surface area contributed by atoms with Gasteiger partial charge in [0.1, 0.15) is 5.75 Å². The van der Waals surface area contributed by atoms with Gasteiger partial charge in [-0.15, -0.1) is 0 Å². The smallest absolute Gasteiger partial charge is 0.310 e. The summed E-state index contributed by atoms with van der Waals surface area (Å²) in [5.74, 6) is -1.65. The molecule has 2 rings (SSSR count). The van der Waals surface area contributed by atoms with Gasteiger partial charge in [0.25, 0.3) is 11.8 Å². The molecule has 0 aliphatic carbocycles. The Kier molecular flexibility index (Phi) is 5.93. The van der Waals surface area contributed by atoms with E-state index in [1.807, 2.05) is 0 Å². The van der Waals surface area contributed by atoms with Gasteiger partial charge >= 0.3 is 5.97 Å². The second-order valence-electron chi connectivity index (χ2n) is 5.52. The van der Waals surface area contributed by atoms with Crippen molar-refractivity contribution in [1.82, 2.24) is 10.2 Å². The highest BCUT2D eigenvalue weighted by Gasteiger charge is 2.30. The number of carbonyl (C=O) groups is 4. The summed E-state index contributed by atoms with van der Waals surface area (Å²) in [5, 5.41) is 4.96. The molecule has 0 saturated carbocycles. The van der Waals surface area contributed by atoms with Gasteiger partial charge in [0.15, 0.2) is 12.7 Å². The minimum atomic E-state index is -1.03. The quantitative estimate of drug-likeness (QED) is 0.671. The minimum Gasteiger partial charge on any atom is -0.478 e. The monoisotopic (exact) mass is 349 g/mol. The van der Waals surface area contributed by atoms with Gasteiger partial charge in [-0.1, -0.05) is 12.1 Å². The molecule has 1 heterocycles. The molecular weight excluding hydrogens is 330 g/mol. The van der Waals surface area contributed by atoms with Crippen LogP contribution in [0, 0.1) is 0 Å². The highest BCUT2D eigenvalue weighted by atomic mass is 16.5. The van der Waals surface area contributed by atoms with E-state index in [4.69, 9.17) is 9.47 Å². The van der Waals surface area contributed by atoms with Crippen molar-refractivity contribution in [1.29, 1.82) is 0 Å². The number of para-hydroxylation sites is 2. The minimum absolute atomic E-state index is 0.186. The zero-order chi connectivity index (χ0) is 18.4. The maximum atomic E-state index is 11.9. The van der Waals surface area contributed by atoms with E-state index in [2.05, 4.69) is 10.6 Å². The summed E-state index contributed by atoms with van der Waals surface area (Å²) in [4.78, 5) is 47.9. The van der Waals surface area contributed by atoms with E-state index in [0.29, 0.717) is 11.4 Å². The normalized spacial score (nSPS) is 15.3. The molecule has 0 unspecified atom stereocenters. The third-order valence-electron chi connectivity index (χ3n) is 3.36. The van der Waals surface area contributed by atoms with Crippen molar-refractivity contribution in [2.24, 2.45) is 0 Å². The number of fused-ring (bicyclic) bond motifs is 1. The first-order valence-corrected chi connectivity index (χ1v) is 7.56. The lowest BCUT2D eigenvalue weighted by Crippen LogP contribution is -2.40. The van der Waals surface area contributed by atoms with Gasteiger partial charge in [-0.25, -0.2) is 0 Å². The predicted molar refractivity (Wildman–Crippen MR) is 86.8 cm³/mol. The van der Waals surface area contributed by atoms with Crippen molar-refractivity contribution < 1.29 is 28.7 Å². The second kappa shape index (κ2) is 8.13. The number of carbonyl (C=O) groups excluding carboxylic acids is 4. The fourth-order valence-corrected chi connectivity index (χ4v) is 1.97. The number of anilines is 1. The zero-order valence-corrected chi connectivity index (χ0v) is 13.9. The molecule has 1 aromatic carbocycles. The van der Waals surface area contributed by atoms with Crippen molar-refractivity contribution in [2.75, 3.05) is 32.6 Å². The van der Waals surface area contributed by atoms with Crippen LogP contribution in [0.1, 0.15) is 6.42 Å². The number of esters is 1. The van der Waals surface area contributed by atoms with Gasteiger partial charge in [0, 0.05) is 14.1 Å². The maximum absolute atomic E-state index is 11.9. The Balaban J connectivity index is 1.76. The molecule has 25 heavy (non-hydrogen) atoms. The highest BCUT2D eigenvalue weighted by Crippen LogP contribution is 2.29. The van der Waals surface area contributed by atoms with Crippen LogP contribution in [-0.2, 0) is 23.9 Å². The predicted octanol–water partition coefficient (Wildman–Crippen LogP) is -0.476. The van der Waals surface area contributed by atoms with Crippen molar-refractivity contribution in [3.63, 3.8) is 0 Å². The molecule has 0 bridgehead atoms. The third-order valence-corrected chi connectivity index (χ3v) is 3.36. The number of nitrogens with zero attached hydrogens (tertiary/aromatic N) is 1.